The number of nitrogens with zero attached hydrogens (tertiary/aromatic N) is 3. The average molecular weight is 447 g/mol. The van der Waals surface area contributed by atoms with Crippen LogP contribution in [0.4, 0.5) is 5.69 Å². The maximum absolute atomic E-state index is 12.9. The summed E-state index contributed by atoms with van der Waals surface area (Å²) in [6, 6.07) is 15.8. The van der Waals surface area contributed by atoms with Crippen molar-refractivity contribution in [1.29, 1.82) is 0 Å². The Balaban J connectivity index is 1.59. The molecule has 0 saturated heterocycles. The lowest BCUT2D eigenvalue weighted by molar-refractivity contribution is 0.103. The third-order valence-corrected chi connectivity index (χ3v) is 6.57. The van der Waals surface area contributed by atoms with Crippen LogP contribution in [0.5, 0.6) is 5.75 Å². The summed E-state index contributed by atoms with van der Waals surface area (Å²) in [5.74, 6) is 0.495. The molecule has 1 amide bonds. The van der Waals surface area contributed by atoms with Gasteiger partial charge in [0, 0.05) is 29.4 Å². The number of anilines is 1. The van der Waals surface area contributed by atoms with Gasteiger partial charge < -0.3 is 10.1 Å². The minimum Gasteiger partial charge on any atom is -0.497 e. The highest BCUT2D eigenvalue weighted by atomic mass is 32.1. The molecule has 0 radical (unpaired) electrons. The van der Waals surface area contributed by atoms with E-state index in [-0.39, 0.29) is 5.91 Å². The molecule has 2 heterocycles. The molecule has 2 aromatic heterocycles. The average Bonchev–Trinajstić information content (AvgIpc) is 3.30. The maximum Gasteiger partial charge on any atom is 0.267 e. The highest BCUT2D eigenvalue weighted by molar-refractivity contribution is 7.16. The first kappa shape index (κ1) is 21.8. The van der Waals surface area contributed by atoms with E-state index in [0.29, 0.717) is 27.1 Å². The summed E-state index contributed by atoms with van der Waals surface area (Å²) in [6.07, 6.45) is 0.811. The largest absolute Gasteiger partial charge is 0.497 e. The molecule has 0 fully saturated rings. The summed E-state index contributed by atoms with van der Waals surface area (Å²) >= 11 is 1.34. The SMILES string of the molecule is COc1cccc(NC(=O)c2sc(-n3nc(C)c(Cc4ccc(C)cc4)c3C)nc2C)c1. The molecule has 1 N–H and O–H groups in total. The fourth-order valence-corrected chi connectivity index (χ4v) is 4.57. The highest BCUT2D eigenvalue weighted by Crippen LogP contribution is 2.27. The Kier molecular flexibility index (Phi) is 6.10. The second kappa shape index (κ2) is 8.96. The van der Waals surface area contributed by atoms with E-state index < -0.39 is 0 Å². The first-order valence-corrected chi connectivity index (χ1v) is 11.2. The monoisotopic (exact) mass is 446 g/mol. The zero-order chi connectivity index (χ0) is 22.8. The molecule has 0 bridgehead atoms. The van der Waals surface area contributed by atoms with Crippen molar-refractivity contribution in [2.45, 2.75) is 34.1 Å². The van der Waals surface area contributed by atoms with Gasteiger partial charge in [-0.15, -0.1) is 0 Å². The molecule has 0 saturated carbocycles. The molecule has 6 nitrogen and oxygen atoms in total. The van der Waals surface area contributed by atoms with Crippen LogP contribution < -0.4 is 10.1 Å². The molecule has 4 rings (SSSR count). The summed E-state index contributed by atoms with van der Waals surface area (Å²) in [5, 5.41) is 8.35. The quantitative estimate of drug-likeness (QED) is 0.430. The number of benzene rings is 2. The molecule has 0 spiro atoms. The Labute approximate surface area is 191 Å². The number of hydrogen-bond donors (Lipinski definition) is 1. The van der Waals surface area contributed by atoms with E-state index in [1.165, 1.54) is 28.0 Å². The lowest BCUT2D eigenvalue weighted by Gasteiger charge is -2.06. The van der Waals surface area contributed by atoms with E-state index in [4.69, 9.17) is 9.84 Å². The zero-order valence-electron chi connectivity index (χ0n) is 18.9. The zero-order valence-corrected chi connectivity index (χ0v) is 19.7. The van der Waals surface area contributed by atoms with Gasteiger partial charge in [0.05, 0.1) is 18.5 Å². The lowest BCUT2D eigenvalue weighted by atomic mass is 10.0. The number of hydrogen-bond acceptors (Lipinski definition) is 5. The van der Waals surface area contributed by atoms with Crippen LogP contribution >= 0.6 is 11.3 Å². The molecule has 0 aliphatic heterocycles. The van der Waals surface area contributed by atoms with Crippen molar-refractivity contribution in [3.05, 3.63) is 87.2 Å². The van der Waals surface area contributed by atoms with Gasteiger partial charge in [-0.05, 0) is 45.4 Å². The third-order valence-electron chi connectivity index (χ3n) is 5.44. The summed E-state index contributed by atoms with van der Waals surface area (Å²) in [6.45, 7) is 8.00. The molecule has 0 atom stereocenters. The molecular weight excluding hydrogens is 420 g/mol. The minimum atomic E-state index is -0.194. The predicted octanol–water partition coefficient (Wildman–Crippen LogP) is 5.41. The number of carbonyl (C=O) groups excluding carboxylic acids is 1. The van der Waals surface area contributed by atoms with Crippen LogP contribution in [0.1, 0.15) is 43.4 Å². The molecule has 164 valence electrons. The Hall–Kier alpha value is -3.45. The van der Waals surface area contributed by atoms with Crippen molar-refractivity contribution >= 4 is 22.9 Å². The molecule has 0 aliphatic rings. The van der Waals surface area contributed by atoms with Crippen LogP contribution in [-0.4, -0.2) is 27.8 Å². The van der Waals surface area contributed by atoms with Gasteiger partial charge in [-0.25, -0.2) is 9.67 Å². The molecule has 4 aromatic rings. The van der Waals surface area contributed by atoms with Crippen LogP contribution in [0.15, 0.2) is 48.5 Å². The van der Waals surface area contributed by atoms with E-state index in [2.05, 4.69) is 48.4 Å². The molecule has 32 heavy (non-hydrogen) atoms. The summed E-state index contributed by atoms with van der Waals surface area (Å²) in [4.78, 5) is 18.1. The fraction of sp³-hybridized carbons (Fsp3) is 0.240. The maximum atomic E-state index is 12.9. The Morgan fingerprint density at radius 2 is 1.81 bits per heavy atom. The normalized spacial score (nSPS) is 10.9. The van der Waals surface area contributed by atoms with Gasteiger partial charge in [0.1, 0.15) is 10.6 Å². The van der Waals surface area contributed by atoms with Gasteiger partial charge in [-0.3, -0.25) is 4.79 Å². The summed E-state index contributed by atoms with van der Waals surface area (Å²) in [7, 11) is 1.60. The van der Waals surface area contributed by atoms with Gasteiger partial charge in [0.15, 0.2) is 0 Å². The van der Waals surface area contributed by atoms with Crippen molar-refractivity contribution in [3.8, 4) is 10.9 Å². The number of carbonyl (C=O) groups is 1. The Morgan fingerprint density at radius 1 is 1.06 bits per heavy atom. The van der Waals surface area contributed by atoms with Crippen LogP contribution in [0.25, 0.3) is 5.13 Å². The van der Waals surface area contributed by atoms with E-state index in [9.17, 15) is 4.79 Å². The number of rotatable bonds is 6. The smallest absolute Gasteiger partial charge is 0.267 e. The number of aromatic nitrogens is 3. The van der Waals surface area contributed by atoms with Crippen LogP contribution in [0.3, 0.4) is 0 Å². The Bertz CT molecular complexity index is 1270. The first-order valence-electron chi connectivity index (χ1n) is 10.4. The van der Waals surface area contributed by atoms with E-state index in [1.807, 2.05) is 36.7 Å². The van der Waals surface area contributed by atoms with Crippen LogP contribution in [0.2, 0.25) is 0 Å². The number of thiazole rings is 1. The summed E-state index contributed by atoms with van der Waals surface area (Å²) in [5.41, 5.74) is 7.04. The first-order chi connectivity index (χ1) is 15.4. The number of methoxy groups -OCH3 is 1. The van der Waals surface area contributed by atoms with Crippen molar-refractivity contribution in [1.82, 2.24) is 14.8 Å². The van der Waals surface area contributed by atoms with Crippen molar-refractivity contribution in [3.63, 3.8) is 0 Å². The number of ether oxygens (including phenoxy) is 1. The minimum absolute atomic E-state index is 0.194. The lowest BCUT2D eigenvalue weighted by Crippen LogP contribution is -2.11. The second-order valence-electron chi connectivity index (χ2n) is 7.82. The van der Waals surface area contributed by atoms with E-state index in [1.54, 1.807) is 13.2 Å². The Morgan fingerprint density at radius 3 is 2.53 bits per heavy atom. The van der Waals surface area contributed by atoms with Crippen molar-refractivity contribution < 1.29 is 9.53 Å². The van der Waals surface area contributed by atoms with E-state index in [0.717, 1.165) is 17.8 Å². The van der Waals surface area contributed by atoms with Gasteiger partial charge in [0.25, 0.3) is 5.91 Å². The molecule has 7 heteroatoms. The standard InChI is InChI=1S/C25H26N4O2S/c1-15-9-11-19(12-10-15)13-22-16(2)28-29(18(22)4)25-26-17(3)23(32-25)24(30)27-20-7-6-8-21(14-20)31-5/h6-12,14H,13H2,1-5H3,(H,27,30). The summed E-state index contributed by atoms with van der Waals surface area (Å²) < 4.78 is 7.08. The topological polar surface area (TPSA) is 69.0 Å². The van der Waals surface area contributed by atoms with Gasteiger partial charge in [-0.2, -0.15) is 5.10 Å². The van der Waals surface area contributed by atoms with Crippen molar-refractivity contribution in [2.75, 3.05) is 12.4 Å². The highest BCUT2D eigenvalue weighted by Gasteiger charge is 2.20. The predicted molar refractivity (Wildman–Crippen MR) is 128 cm³/mol. The number of amides is 1. The van der Waals surface area contributed by atoms with Crippen molar-refractivity contribution in [2.24, 2.45) is 0 Å². The molecule has 0 aliphatic carbocycles. The molecule has 2 aromatic carbocycles. The third kappa shape index (κ3) is 4.43. The number of nitrogens with one attached hydrogen (secondary N) is 1. The molecular formula is C25H26N4O2S. The van der Waals surface area contributed by atoms with Gasteiger partial charge >= 0.3 is 0 Å². The fourth-order valence-electron chi connectivity index (χ4n) is 3.60. The van der Waals surface area contributed by atoms with Gasteiger partial charge in [-0.1, -0.05) is 47.2 Å². The second-order valence-corrected chi connectivity index (χ2v) is 8.80. The van der Waals surface area contributed by atoms with E-state index >= 15 is 0 Å². The van der Waals surface area contributed by atoms with Gasteiger partial charge in [0.2, 0.25) is 5.13 Å². The number of aryl methyl sites for hydroxylation is 3. The van der Waals surface area contributed by atoms with Crippen LogP contribution in [0, 0.1) is 27.7 Å². The van der Waals surface area contributed by atoms with Crippen LogP contribution in [-0.2, 0) is 6.42 Å². The molecule has 0 unspecified atom stereocenters.